The number of halogens is 2. The van der Waals surface area contributed by atoms with Gasteiger partial charge in [0.1, 0.15) is 4.91 Å². The molecule has 0 radical (unpaired) electrons. The number of Topliss-reactive ketones (excluding diaryl/α,β-unsaturated/α-hetero) is 1. The minimum atomic E-state index is -3.90. The molecule has 2 aromatic carbocycles. The third-order valence-corrected chi connectivity index (χ3v) is 7.26. The number of carbonyl (C=O) groups excluding carboxylic acids is 1. The van der Waals surface area contributed by atoms with Gasteiger partial charge in [-0.1, -0.05) is 35.3 Å². The van der Waals surface area contributed by atoms with Gasteiger partial charge in [-0.15, -0.1) is 11.3 Å². The molecule has 3 aromatic rings. The lowest BCUT2D eigenvalue weighted by molar-refractivity contribution is 0.104. The summed E-state index contributed by atoms with van der Waals surface area (Å²) < 4.78 is 26.3. The number of allylic oxidation sites excluding steroid dienone is 1. The number of thiophene rings is 1. The van der Waals surface area contributed by atoms with Gasteiger partial charge in [-0.3, -0.25) is 4.79 Å². The van der Waals surface area contributed by atoms with E-state index in [0.717, 1.165) is 10.4 Å². The maximum atomic E-state index is 13.2. The Morgan fingerprint density at radius 3 is 2.07 bits per heavy atom. The van der Waals surface area contributed by atoms with E-state index >= 15 is 0 Å². The van der Waals surface area contributed by atoms with Gasteiger partial charge >= 0.3 is 0 Å². The van der Waals surface area contributed by atoms with Crippen LogP contribution in [0.15, 0.2) is 64.9 Å². The highest BCUT2D eigenvalue weighted by Gasteiger charge is 2.27. The molecule has 0 aliphatic rings. The van der Waals surface area contributed by atoms with Crippen molar-refractivity contribution < 1.29 is 13.2 Å². The third-order valence-electron chi connectivity index (χ3n) is 4.10. The maximum absolute atomic E-state index is 13.2. The molecule has 0 unspecified atom stereocenters. The molecule has 28 heavy (non-hydrogen) atoms. The van der Waals surface area contributed by atoms with Crippen molar-refractivity contribution in [1.82, 2.24) is 0 Å². The summed E-state index contributed by atoms with van der Waals surface area (Å²) in [7, 11) is -3.90. The zero-order chi connectivity index (χ0) is 20.3. The summed E-state index contributed by atoms with van der Waals surface area (Å²) in [5.74, 6) is -0.849. The Hall–Kier alpha value is -1.92. The molecule has 144 valence electrons. The predicted molar refractivity (Wildman–Crippen MR) is 117 cm³/mol. The maximum Gasteiger partial charge on any atom is 0.204 e. The molecule has 3 rings (SSSR count). The minimum Gasteiger partial charge on any atom is -0.288 e. The van der Waals surface area contributed by atoms with E-state index in [9.17, 15) is 13.2 Å². The number of carbonyl (C=O) groups is 1. The topological polar surface area (TPSA) is 51.2 Å². The van der Waals surface area contributed by atoms with Crippen molar-refractivity contribution in [3.63, 3.8) is 0 Å². The monoisotopic (exact) mass is 450 g/mol. The number of rotatable bonds is 6. The molecule has 1 aromatic heterocycles. The van der Waals surface area contributed by atoms with E-state index in [4.69, 9.17) is 23.2 Å². The van der Waals surface area contributed by atoms with Gasteiger partial charge in [0.05, 0.1) is 5.75 Å². The molecule has 0 amide bonds. The molecular formula is C21H16Cl2O3S2. The molecule has 0 aliphatic carbocycles. The summed E-state index contributed by atoms with van der Waals surface area (Å²) in [6.45, 7) is 1.87. The number of aryl methyl sites for hydroxylation is 1. The fourth-order valence-electron chi connectivity index (χ4n) is 2.57. The van der Waals surface area contributed by atoms with Crippen LogP contribution in [0.4, 0.5) is 0 Å². The molecule has 0 saturated carbocycles. The largest absolute Gasteiger partial charge is 0.288 e. The highest BCUT2D eigenvalue weighted by molar-refractivity contribution is 7.95. The van der Waals surface area contributed by atoms with E-state index < -0.39 is 15.6 Å². The SMILES string of the molecule is Cc1ccsc1C=C(C(=O)c1ccc(Cl)cc1)S(=O)(=O)Cc1ccc(Cl)cc1. The second-order valence-electron chi connectivity index (χ2n) is 6.20. The van der Waals surface area contributed by atoms with Crippen molar-refractivity contribution in [3.05, 3.63) is 96.5 Å². The van der Waals surface area contributed by atoms with Gasteiger partial charge in [-0.05, 0) is 72.0 Å². The van der Waals surface area contributed by atoms with Crippen LogP contribution >= 0.6 is 34.5 Å². The van der Waals surface area contributed by atoms with Gasteiger partial charge in [0, 0.05) is 20.5 Å². The second-order valence-corrected chi connectivity index (χ2v) is 9.98. The first-order valence-corrected chi connectivity index (χ1v) is 11.6. The van der Waals surface area contributed by atoms with E-state index in [1.165, 1.54) is 29.5 Å². The summed E-state index contributed by atoms with van der Waals surface area (Å²) in [5, 5.41) is 2.85. The zero-order valence-electron chi connectivity index (χ0n) is 14.9. The number of benzene rings is 2. The van der Waals surface area contributed by atoms with Crippen molar-refractivity contribution in [2.24, 2.45) is 0 Å². The molecule has 0 spiro atoms. The minimum absolute atomic E-state index is 0.240. The average molecular weight is 451 g/mol. The fraction of sp³-hybridized carbons (Fsp3) is 0.0952. The van der Waals surface area contributed by atoms with Crippen LogP contribution in [0, 0.1) is 6.92 Å². The van der Waals surface area contributed by atoms with Crippen molar-refractivity contribution in [1.29, 1.82) is 0 Å². The van der Waals surface area contributed by atoms with Crippen LogP contribution < -0.4 is 0 Å². The second kappa shape index (κ2) is 8.62. The Kier molecular flexibility index (Phi) is 6.40. The zero-order valence-corrected chi connectivity index (χ0v) is 18.0. The normalized spacial score (nSPS) is 12.2. The fourth-order valence-corrected chi connectivity index (χ4v) is 5.24. The molecule has 1 heterocycles. The van der Waals surface area contributed by atoms with Gasteiger partial charge in [-0.25, -0.2) is 8.42 Å². The van der Waals surface area contributed by atoms with E-state index in [0.29, 0.717) is 15.6 Å². The molecule has 3 nitrogen and oxygen atoms in total. The van der Waals surface area contributed by atoms with Gasteiger partial charge in [0.2, 0.25) is 5.78 Å². The summed E-state index contributed by atoms with van der Waals surface area (Å²) >= 11 is 13.2. The first-order valence-electron chi connectivity index (χ1n) is 8.29. The Balaban J connectivity index is 2.06. The van der Waals surface area contributed by atoms with Crippen molar-refractivity contribution >= 4 is 56.2 Å². The quantitative estimate of drug-likeness (QED) is 0.331. The molecular weight excluding hydrogens is 435 g/mol. The van der Waals surface area contributed by atoms with Gasteiger partial charge in [0.25, 0.3) is 0 Å². The smallest absolute Gasteiger partial charge is 0.204 e. The van der Waals surface area contributed by atoms with E-state index in [-0.39, 0.29) is 16.2 Å². The van der Waals surface area contributed by atoms with Gasteiger partial charge < -0.3 is 0 Å². The van der Waals surface area contributed by atoms with Crippen LogP contribution in [0.25, 0.3) is 6.08 Å². The van der Waals surface area contributed by atoms with Gasteiger partial charge in [-0.2, -0.15) is 0 Å². The average Bonchev–Trinajstić information content (AvgIpc) is 3.06. The number of hydrogen-bond acceptors (Lipinski definition) is 4. The summed E-state index contributed by atoms with van der Waals surface area (Å²) in [5.41, 5.74) is 1.74. The predicted octanol–water partition coefficient (Wildman–Crippen LogP) is 6.20. The van der Waals surface area contributed by atoms with Crippen LogP contribution in [0.5, 0.6) is 0 Å². The van der Waals surface area contributed by atoms with Crippen molar-refractivity contribution in [3.8, 4) is 0 Å². The van der Waals surface area contributed by atoms with Crippen LogP contribution in [-0.2, 0) is 15.6 Å². The summed E-state index contributed by atoms with van der Waals surface area (Å²) in [6.07, 6.45) is 1.46. The number of hydrogen-bond donors (Lipinski definition) is 0. The van der Waals surface area contributed by atoms with Crippen LogP contribution in [-0.4, -0.2) is 14.2 Å². The van der Waals surface area contributed by atoms with Crippen molar-refractivity contribution in [2.75, 3.05) is 0 Å². The third kappa shape index (κ3) is 4.92. The first kappa shape index (κ1) is 20.8. The van der Waals surface area contributed by atoms with E-state index in [2.05, 4.69) is 0 Å². The lowest BCUT2D eigenvalue weighted by Gasteiger charge is -2.10. The standard InChI is InChI=1S/C21H16Cl2O3S2/c1-14-10-11-27-19(14)12-20(21(24)16-4-8-18(23)9-5-16)28(25,26)13-15-2-6-17(22)7-3-15/h2-12H,13H2,1H3. The Morgan fingerprint density at radius 2 is 1.54 bits per heavy atom. The molecule has 0 N–H and O–H groups in total. The molecule has 0 bridgehead atoms. The van der Waals surface area contributed by atoms with Crippen LogP contribution in [0.2, 0.25) is 10.0 Å². The van der Waals surface area contributed by atoms with E-state index in [1.54, 1.807) is 36.4 Å². The molecule has 7 heteroatoms. The molecule has 0 atom stereocenters. The van der Waals surface area contributed by atoms with Crippen LogP contribution in [0.3, 0.4) is 0 Å². The van der Waals surface area contributed by atoms with E-state index in [1.807, 2.05) is 18.4 Å². The summed E-state index contributed by atoms with van der Waals surface area (Å²) in [4.78, 5) is 13.6. The van der Waals surface area contributed by atoms with Crippen LogP contribution in [0.1, 0.15) is 26.4 Å². The van der Waals surface area contributed by atoms with Crippen molar-refractivity contribution in [2.45, 2.75) is 12.7 Å². The lowest BCUT2D eigenvalue weighted by Crippen LogP contribution is -2.16. The Labute approximate surface area is 178 Å². The highest BCUT2D eigenvalue weighted by Crippen LogP contribution is 2.26. The molecule has 0 aliphatic heterocycles. The Morgan fingerprint density at radius 1 is 0.964 bits per heavy atom. The number of ketones is 1. The lowest BCUT2D eigenvalue weighted by atomic mass is 10.1. The Bertz CT molecular complexity index is 1130. The van der Waals surface area contributed by atoms with Gasteiger partial charge in [0.15, 0.2) is 9.84 Å². The highest BCUT2D eigenvalue weighted by atomic mass is 35.5. The number of sulfone groups is 1. The molecule has 0 fully saturated rings. The summed E-state index contributed by atoms with van der Waals surface area (Å²) in [6, 6.07) is 14.6. The molecule has 0 saturated heterocycles. The first-order chi connectivity index (χ1) is 13.3.